The average Bonchev–Trinajstić information content (AvgIpc) is 2.88. The van der Waals surface area contributed by atoms with Gasteiger partial charge in [-0.2, -0.15) is 5.10 Å². The van der Waals surface area contributed by atoms with E-state index in [9.17, 15) is 9.59 Å². The third kappa shape index (κ3) is 6.83. The highest BCUT2D eigenvalue weighted by Gasteiger charge is 2.13. The van der Waals surface area contributed by atoms with Gasteiger partial charge in [-0.3, -0.25) is 4.79 Å². The molecule has 0 saturated heterocycles. The zero-order valence-corrected chi connectivity index (χ0v) is 19.2. The summed E-state index contributed by atoms with van der Waals surface area (Å²) in [5.41, 5.74) is 4.61. The van der Waals surface area contributed by atoms with E-state index in [-0.39, 0.29) is 12.4 Å². The van der Waals surface area contributed by atoms with E-state index < -0.39 is 11.9 Å². The van der Waals surface area contributed by atoms with E-state index in [2.05, 4.69) is 17.5 Å². The maximum Gasteiger partial charge on any atom is 0.343 e. The number of carbonyl (C=O) groups excluding carboxylic acids is 2. The Balaban J connectivity index is 1.54. The molecule has 0 aliphatic carbocycles. The molecule has 0 bridgehead atoms. The van der Waals surface area contributed by atoms with Gasteiger partial charge in [-0.1, -0.05) is 19.1 Å². The van der Waals surface area contributed by atoms with E-state index in [1.165, 1.54) is 18.9 Å². The largest absolute Gasteiger partial charge is 0.497 e. The molecule has 0 saturated carbocycles. The Labute approximate surface area is 198 Å². The van der Waals surface area contributed by atoms with Gasteiger partial charge >= 0.3 is 5.97 Å². The molecule has 0 heterocycles. The molecule has 3 rings (SSSR count). The van der Waals surface area contributed by atoms with Crippen LogP contribution in [0.5, 0.6) is 23.0 Å². The summed E-state index contributed by atoms with van der Waals surface area (Å²) in [6, 6.07) is 19.0. The zero-order chi connectivity index (χ0) is 24.3. The first-order valence-electron chi connectivity index (χ1n) is 10.6. The number of hydrogen-bond acceptors (Lipinski definition) is 7. The van der Waals surface area contributed by atoms with Crippen molar-refractivity contribution in [3.8, 4) is 23.0 Å². The first-order chi connectivity index (χ1) is 16.5. The number of esters is 1. The Morgan fingerprint density at radius 1 is 0.882 bits per heavy atom. The fourth-order valence-corrected chi connectivity index (χ4v) is 2.92. The van der Waals surface area contributed by atoms with Crippen molar-refractivity contribution in [3.63, 3.8) is 0 Å². The van der Waals surface area contributed by atoms with Crippen LogP contribution in [-0.2, 0) is 11.2 Å². The van der Waals surface area contributed by atoms with Crippen molar-refractivity contribution in [2.24, 2.45) is 5.10 Å². The maximum absolute atomic E-state index is 12.4. The number of rotatable bonds is 10. The molecule has 0 spiro atoms. The molecule has 0 aromatic heterocycles. The van der Waals surface area contributed by atoms with Gasteiger partial charge in [0.25, 0.3) is 5.91 Å². The van der Waals surface area contributed by atoms with Gasteiger partial charge in [0.2, 0.25) is 0 Å². The lowest BCUT2D eigenvalue weighted by Crippen LogP contribution is -2.24. The summed E-state index contributed by atoms with van der Waals surface area (Å²) in [7, 11) is 3.02. The minimum absolute atomic E-state index is 0.160. The predicted octanol–water partition coefficient (Wildman–Crippen LogP) is 4.01. The Hall–Kier alpha value is -4.33. The summed E-state index contributed by atoms with van der Waals surface area (Å²) >= 11 is 0. The van der Waals surface area contributed by atoms with E-state index in [4.69, 9.17) is 18.9 Å². The molecule has 8 heteroatoms. The number of hydrazone groups is 1. The number of hydrogen-bond donors (Lipinski definition) is 1. The highest BCUT2D eigenvalue weighted by molar-refractivity contribution is 5.92. The van der Waals surface area contributed by atoms with Gasteiger partial charge in [0.1, 0.15) is 11.5 Å². The number of aryl methyl sites for hydroxylation is 1. The minimum Gasteiger partial charge on any atom is -0.497 e. The van der Waals surface area contributed by atoms with E-state index in [1.807, 2.05) is 24.3 Å². The summed E-state index contributed by atoms with van der Waals surface area (Å²) in [6.07, 6.45) is 2.39. The molecule has 0 unspecified atom stereocenters. The van der Waals surface area contributed by atoms with Crippen molar-refractivity contribution in [1.82, 2.24) is 5.43 Å². The number of nitrogens with one attached hydrogen (secondary N) is 1. The molecule has 0 radical (unpaired) electrons. The topological polar surface area (TPSA) is 95.5 Å². The number of nitrogens with zero attached hydrogens (tertiary/aromatic N) is 1. The number of benzene rings is 3. The Morgan fingerprint density at radius 2 is 1.59 bits per heavy atom. The first-order valence-corrected chi connectivity index (χ1v) is 10.6. The summed E-state index contributed by atoms with van der Waals surface area (Å²) in [5.74, 6) is 0.928. The molecule has 0 fully saturated rings. The van der Waals surface area contributed by atoms with Crippen LogP contribution < -0.4 is 24.4 Å². The lowest BCUT2D eigenvalue weighted by atomic mass is 10.2. The van der Waals surface area contributed by atoms with Gasteiger partial charge in [0.05, 0.1) is 26.0 Å². The molecule has 0 atom stereocenters. The number of carbonyl (C=O) groups is 2. The van der Waals surface area contributed by atoms with Crippen LogP contribution in [0.15, 0.2) is 71.8 Å². The molecule has 3 aromatic carbocycles. The smallest absolute Gasteiger partial charge is 0.343 e. The quantitative estimate of drug-likeness (QED) is 0.212. The Kier molecular flexibility index (Phi) is 8.62. The Bertz CT molecular complexity index is 1140. The van der Waals surface area contributed by atoms with Gasteiger partial charge < -0.3 is 18.9 Å². The van der Waals surface area contributed by atoms with Crippen LogP contribution in [0.4, 0.5) is 0 Å². The molecule has 0 aliphatic rings. The van der Waals surface area contributed by atoms with E-state index in [1.54, 1.807) is 49.6 Å². The lowest BCUT2D eigenvalue weighted by molar-refractivity contribution is -0.123. The third-order valence-corrected chi connectivity index (χ3v) is 4.82. The third-order valence-electron chi connectivity index (χ3n) is 4.82. The van der Waals surface area contributed by atoms with Crippen molar-refractivity contribution in [2.45, 2.75) is 13.3 Å². The van der Waals surface area contributed by atoms with Crippen LogP contribution in [0.3, 0.4) is 0 Å². The van der Waals surface area contributed by atoms with Gasteiger partial charge in [0, 0.05) is 0 Å². The maximum atomic E-state index is 12.4. The van der Waals surface area contributed by atoms with Gasteiger partial charge in [-0.05, 0) is 72.1 Å². The predicted molar refractivity (Wildman–Crippen MR) is 128 cm³/mol. The first kappa shape index (κ1) is 24.3. The normalized spacial score (nSPS) is 10.6. The van der Waals surface area contributed by atoms with Gasteiger partial charge in [0.15, 0.2) is 18.1 Å². The second kappa shape index (κ2) is 12.1. The van der Waals surface area contributed by atoms with Crippen LogP contribution in [0.2, 0.25) is 0 Å². The van der Waals surface area contributed by atoms with Crippen molar-refractivity contribution in [1.29, 1.82) is 0 Å². The van der Waals surface area contributed by atoms with Crippen LogP contribution in [0.1, 0.15) is 28.4 Å². The SMILES string of the molecule is CCc1ccc(OCC(=O)N/N=C/c2ccc(OC(=O)c3ccc(OC)cc3)c(OC)c2)cc1. The summed E-state index contributed by atoms with van der Waals surface area (Å²) in [5, 5.41) is 3.93. The van der Waals surface area contributed by atoms with Crippen LogP contribution >= 0.6 is 0 Å². The highest BCUT2D eigenvalue weighted by atomic mass is 16.6. The fraction of sp³-hybridized carbons (Fsp3) is 0.192. The van der Waals surface area contributed by atoms with Crippen molar-refractivity contribution in [3.05, 3.63) is 83.4 Å². The van der Waals surface area contributed by atoms with Crippen molar-refractivity contribution >= 4 is 18.1 Å². The van der Waals surface area contributed by atoms with E-state index in [0.29, 0.717) is 28.4 Å². The van der Waals surface area contributed by atoms with Crippen LogP contribution in [0, 0.1) is 0 Å². The molecule has 8 nitrogen and oxygen atoms in total. The second-order valence-electron chi connectivity index (χ2n) is 7.11. The average molecular weight is 463 g/mol. The highest BCUT2D eigenvalue weighted by Crippen LogP contribution is 2.28. The standard InChI is InChI=1S/C26H26N2O6/c1-4-18-5-10-22(11-6-18)33-17-25(29)28-27-16-19-7-14-23(24(15-19)32-3)34-26(30)20-8-12-21(31-2)13-9-20/h5-16H,4,17H2,1-3H3,(H,28,29)/b27-16+. The zero-order valence-electron chi connectivity index (χ0n) is 19.2. The Morgan fingerprint density at radius 3 is 2.24 bits per heavy atom. The van der Waals surface area contributed by atoms with Crippen LogP contribution in [0.25, 0.3) is 0 Å². The van der Waals surface area contributed by atoms with Crippen molar-refractivity contribution < 1.29 is 28.5 Å². The van der Waals surface area contributed by atoms with E-state index in [0.717, 1.165) is 6.42 Å². The summed E-state index contributed by atoms with van der Waals surface area (Å²) < 4.78 is 21.3. The number of amides is 1. The molecule has 34 heavy (non-hydrogen) atoms. The van der Waals surface area contributed by atoms with Crippen LogP contribution in [-0.4, -0.2) is 38.9 Å². The second-order valence-corrected chi connectivity index (χ2v) is 7.11. The minimum atomic E-state index is -0.529. The molecule has 1 N–H and O–H groups in total. The molecular formula is C26H26N2O6. The van der Waals surface area contributed by atoms with Gasteiger partial charge in [-0.15, -0.1) is 0 Å². The molecule has 176 valence electrons. The monoisotopic (exact) mass is 462 g/mol. The fourth-order valence-electron chi connectivity index (χ4n) is 2.92. The summed E-state index contributed by atoms with van der Waals surface area (Å²) in [6.45, 7) is 1.91. The molecule has 0 aliphatic heterocycles. The molecular weight excluding hydrogens is 436 g/mol. The molecule has 3 aromatic rings. The molecule has 1 amide bonds. The van der Waals surface area contributed by atoms with Gasteiger partial charge in [-0.25, -0.2) is 10.2 Å². The number of ether oxygens (including phenoxy) is 4. The number of methoxy groups -OCH3 is 2. The summed E-state index contributed by atoms with van der Waals surface area (Å²) in [4.78, 5) is 24.4. The van der Waals surface area contributed by atoms with Crippen molar-refractivity contribution in [2.75, 3.05) is 20.8 Å². The lowest BCUT2D eigenvalue weighted by Gasteiger charge is -2.10. The van der Waals surface area contributed by atoms with E-state index >= 15 is 0 Å².